The summed E-state index contributed by atoms with van der Waals surface area (Å²) < 4.78 is 0. The van der Waals surface area contributed by atoms with Gasteiger partial charge in [0.1, 0.15) is 0 Å². The second-order valence-electron chi connectivity index (χ2n) is 4.92. The van der Waals surface area contributed by atoms with Crippen molar-refractivity contribution in [2.45, 2.75) is 31.9 Å². The van der Waals surface area contributed by atoms with Crippen molar-refractivity contribution < 1.29 is 5.11 Å². The molecule has 0 saturated carbocycles. The van der Waals surface area contributed by atoms with Gasteiger partial charge in [0.15, 0.2) is 5.13 Å². The van der Waals surface area contributed by atoms with E-state index in [-0.39, 0.29) is 6.10 Å². The largest absolute Gasteiger partial charge is 0.387 e. The number of aliphatic hydroxyl groups is 1. The van der Waals surface area contributed by atoms with Crippen LogP contribution in [0.1, 0.15) is 35.1 Å². The van der Waals surface area contributed by atoms with E-state index >= 15 is 0 Å². The van der Waals surface area contributed by atoms with Gasteiger partial charge in [-0.2, -0.15) is 0 Å². The van der Waals surface area contributed by atoms with E-state index in [4.69, 9.17) is 0 Å². The number of pyridine rings is 1. The summed E-state index contributed by atoms with van der Waals surface area (Å²) in [5.74, 6) is 0. The fourth-order valence-corrected chi connectivity index (χ4v) is 3.49. The van der Waals surface area contributed by atoms with Crippen LogP contribution in [-0.4, -0.2) is 22.1 Å². The summed E-state index contributed by atoms with van der Waals surface area (Å²) >= 11 is 1.71. The average Bonchev–Trinajstić information content (AvgIpc) is 2.85. The van der Waals surface area contributed by atoms with Gasteiger partial charge in [-0.05, 0) is 37.0 Å². The van der Waals surface area contributed by atoms with Crippen LogP contribution in [0.3, 0.4) is 0 Å². The monoisotopic (exact) mass is 275 g/mol. The number of hydrogen-bond acceptors (Lipinski definition) is 5. The Kier molecular flexibility index (Phi) is 3.48. The predicted molar refractivity (Wildman–Crippen MR) is 76.4 cm³/mol. The predicted octanol–water partition coefficient (Wildman–Crippen LogP) is 2.54. The van der Waals surface area contributed by atoms with Crippen molar-refractivity contribution in [1.29, 1.82) is 0 Å². The third-order valence-electron chi connectivity index (χ3n) is 3.41. The summed E-state index contributed by atoms with van der Waals surface area (Å²) in [6.45, 7) is 0.811. The zero-order valence-electron chi connectivity index (χ0n) is 10.9. The molecule has 0 fully saturated rings. The number of aryl methyl sites for hydroxylation is 1. The first-order chi connectivity index (χ1) is 9.24. The maximum atomic E-state index is 9.96. The molecule has 3 rings (SSSR count). The molecule has 2 aromatic heterocycles. The van der Waals surface area contributed by atoms with Gasteiger partial charge < -0.3 is 10.0 Å². The summed E-state index contributed by atoms with van der Waals surface area (Å²) in [6, 6.07) is 4.03. The summed E-state index contributed by atoms with van der Waals surface area (Å²) in [4.78, 5) is 12.0. The number of aromatic nitrogens is 2. The van der Waals surface area contributed by atoms with Gasteiger partial charge in [0.25, 0.3) is 0 Å². The Hall–Kier alpha value is -1.46. The number of anilines is 1. The first kappa shape index (κ1) is 12.6. The van der Waals surface area contributed by atoms with Crippen LogP contribution in [0.5, 0.6) is 0 Å². The van der Waals surface area contributed by atoms with Crippen molar-refractivity contribution in [3.8, 4) is 0 Å². The highest BCUT2D eigenvalue weighted by molar-refractivity contribution is 7.15. The number of rotatable bonds is 3. The van der Waals surface area contributed by atoms with Gasteiger partial charge >= 0.3 is 0 Å². The van der Waals surface area contributed by atoms with Gasteiger partial charge in [-0.3, -0.25) is 4.98 Å². The Labute approximate surface area is 116 Å². The van der Waals surface area contributed by atoms with Gasteiger partial charge in [0.2, 0.25) is 0 Å². The molecule has 0 radical (unpaired) electrons. The Balaban J connectivity index is 1.79. The van der Waals surface area contributed by atoms with Crippen LogP contribution in [0.15, 0.2) is 24.5 Å². The molecular formula is C14H17N3OS. The van der Waals surface area contributed by atoms with Crippen molar-refractivity contribution in [2.75, 3.05) is 11.9 Å². The lowest BCUT2D eigenvalue weighted by Gasteiger charge is -2.15. The zero-order valence-corrected chi connectivity index (χ0v) is 11.7. The molecule has 0 amide bonds. The molecule has 100 valence electrons. The summed E-state index contributed by atoms with van der Waals surface area (Å²) in [5, 5.41) is 11.0. The van der Waals surface area contributed by atoms with E-state index in [0.717, 1.165) is 36.6 Å². The number of hydrogen-bond donors (Lipinski definition) is 1. The molecule has 1 atom stereocenters. The molecule has 5 heteroatoms. The summed E-state index contributed by atoms with van der Waals surface area (Å²) in [5.41, 5.74) is 2.11. The minimum atomic E-state index is -0.372. The molecule has 1 aliphatic rings. The topological polar surface area (TPSA) is 49.2 Å². The normalized spacial score (nSPS) is 18.1. The van der Waals surface area contributed by atoms with E-state index in [0.29, 0.717) is 0 Å². The smallest absolute Gasteiger partial charge is 0.185 e. The Morgan fingerprint density at radius 2 is 2.21 bits per heavy atom. The molecule has 0 aliphatic heterocycles. The molecule has 0 spiro atoms. The van der Waals surface area contributed by atoms with Gasteiger partial charge in [-0.1, -0.05) is 0 Å². The van der Waals surface area contributed by atoms with Gasteiger partial charge in [-0.25, -0.2) is 4.98 Å². The van der Waals surface area contributed by atoms with Crippen molar-refractivity contribution in [1.82, 2.24) is 9.97 Å². The maximum absolute atomic E-state index is 9.96. The van der Waals surface area contributed by atoms with Crippen LogP contribution in [0, 0.1) is 0 Å². The molecule has 0 aromatic carbocycles. The molecule has 2 aromatic rings. The molecule has 0 saturated heterocycles. The van der Waals surface area contributed by atoms with Crippen LogP contribution < -0.4 is 4.90 Å². The molecule has 1 unspecified atom stereocenters. The van der Waals surface area contributed by atoms with Crippen molar-refractivity contribution in [3.63, 3.8) is 0 Å². The second-order valence-corrected chi connectivity index (χ2v) is 5.99. The van der Waals surface area contributed by atoms with E-state index < -0.39 is 0 Å². The second kappa shape index (κ2) is 5.27. The molecule has 2 heterocycles. The minimum Gasteiger partial charge on any atom is -0.387 e. The van der Waals surface area contributed by atoms with Crippen molar-refractivity contribution in [2.24, 2.45) is 0 Å². The minimum absolute atomic E-state index is 0.372. The van der Waals surface area contributed by atoms with Crippen molar-refractivity contribution in [3.05, 3.63) is 40.7 Å². The van der Waals surface area contributed by atoms with E-state index in [1.54, 1.807) is 23.7 Å². The highest BCUT2D eigenvalue weighted by atomic mass is 32.1. The highest BCUT2D eigenvalue weighted by Crippen LogP contribution is 2.36. The van der Waals surface area contributed by atoms with E-state index in [2.05, 4.69) is 14.9 Å². The standard InChI is InChI=1S/C14H17N3OS/c1-17(9-10-5-7-15-8-6-10)14-16-13-11(18)3-2-4-12(13)19-14/h5-8,11,18H,2-4,9H2,1H3. The molecule has 0 bridgehead atoms. The van der Waals surface area contributed by atoms with Crippen LogP contribution in [0.4, 0.5) is 5.13 Å². The number of thiazole rings is 1. The molecule has 19 heavy (non-hydrogen) atoms. The van der Waals surface area contributed by atoms with Gasteiger partial charge in [0, 0.05) is 30.9 Å². The number of nitrogens with zero attached hydrogens (tertiary/aromatic N) is 3. The SMILES string of the molecule is CN(Cc1ccncc1)c1nc2c(s1)CCCC2O. The van der Waals surface area contributed by atoms with Crippen molar-refractivity contribution >= 4 is 16.5 Å². The first-order valence-electron chi connectivity index (χ1n) is 6.52. The lowest BCUT2D eigenvalue weighted by Crippen LogP contribution is -2.16. The van der Waals surface area contributed by atoms with Crippen LogP contribution in [-0.2, 0) is 13.0 Å². The van der Waals surface area contributed by atoms with Gasteiger partial charge in [0.05, 0.1) is 11.8 Å². The number of aliphatic hydroxyl groups excluding tert-OH is 1. The van der Waals surface area contributed by atoms with Crippen LogP contribution >= 0.6 is 11.3 Å². The van der Waals surface area contributed by atoms with Crippen LogP contribution in [0.2, 0.25) is 0 Å². The van der Waals surface area contributed by atoms with E-state index in [1.165, 1.54) is 10.4 Å². The Bertz CT molecular complexity index is 555. The molecular weight excluding hydrogens is 258 g/mol. The zero-order chi connectivity index (χ0) is 13.2. The Morgan fingerprint density at radius 1 is 1.42 bits per heavy atom. The maximum Gasteiger partial charge on any atom is 0.185 e. The third-order valence-corrected chi connectivity index (χ3v) is 4.65. The number of fused-ring (bicyclic) bond motifs is 1. The lowest BCUT2D eigenvalue weighted by atomic mass is 10.0. The summed E-state index contributed by atoms with van der Waals surface area (Å²) in [7, 11) is 2.04. The third kappa shape index (κ3) is 2.62. The van der Waals surface area contributed by atoms with E-state index in [9.17, 15) is 5.11 Å². The highest BCUT2D eigenvalue weighted by Gasteiger charge is 2.23. The molecule has 1 N–H and O–H groups in total. The lowest BCUT2D eigenvalue weighted by molar-refractivity contribution is 0.153. The first-order valence-corrected chi connectivity index (χ1v) is 7.33. The van der Waals surface area contributed by atoms with Gasteiger partial charge in [-0.15, -0.1) is 11.3 Å². The fraction of sp³-hybridized carbons (Fsp3) is 0.429. The molecule has 4 nitrogen and oxygen atoms in total. The Morgan fingerprint density at radius 3 is 2.95 bits per heavy atom. The summed E-state index contributed by atoms with van der Waals surface area (Å²) in [6.07, 6.45) is 6.18. The quantitative estimate of drug-likeness (QED) is 0.935. The van der Waals surface area contributed by atoms with E-state index in [1.807, 2.05) is 19.2 Å². The van der Waals surface area contributed by atoms with Crippen LogP contribution in [0.25, 0.3) is 0 Å². The average molecular weight is 275 g/mol. The molecule has 1 aliphatic carbocycles. The fourth-order valence-electron chi connectivity index (χ4n) is 2.38.